The number of carbonyl (C=O) groups excluding carboxylic acids is 1. The minimum absolute atomic E-state index is 0.0994. The zero-order valence-electron chi connectivity index (χ0n) is 10.4. The summed E-state index contributed by atoms with van der Waals surface area (Å²) in [4.78, 5) is 19.1. The number of carbonyl (C=O) groups is 1. The van der Waals surface area contributed by atoms with Gasteiger partial charge in [-0.2, -0.15) is 0 Å². The molecule has 3 heterocycles. The number of anilines is 1. The maximum absolute atomic E-state index is 12.5. The zero-order valence-corrected chi connectivity index (χ0v) is 12.0. The molecule has 1 unspecified atom stereocenters. The van der Waals surface area contributed by atoms with E-state index in [1.807, 2.05) is 19.9 Å². The number of morpholine rings is 1. The lowest BCUT2D eigenvalue weighted by Gasteiger charge is -2.48. The number of hydrogen-bond acceptors (Lipinski definition) is 4. The highest BCUT2D eigenvalue weighted by molar-refractivity contribution is 9.10. The van der Waals surface area contributed by atoms with Crippen molar-refractivity contribution in [3.8, 4) is 0 Å². The summed E-state index contributed by atoms with van der Waals surface area (Å²) in [6.07, 6.45) is 1.69. The Morgan fingerprint density at radius 2 is 2.33 bits per heavy atom. The molecule has 4 nitrogen and oxygen atoms in total. The second kappa shape index (κ2) is 4.03. The molecule has 2 aliphatic rings. The van der Waals surface area contributed by atoms with Crippen LogP contribution in [0.25, 0.3) is 0 Å². The van der Waals surface area contributed by atoms with Crippen molar-refractivity contribution in [2.75, 3.05) is 24.7 Å². The van der Waals surface area contributed by atoms with Gasteiger partial charge in [-0.1, -0.05) is 13.8 Å². The van der Waals surface area contributed by atoms with Crippen molar-refractivity contribution < 1.29 is 9.53 Å². The summed E-state index contributed by atoms with van der Waals surface area (Å²) >= 11 is 3.42. The molecule has 1 fully saturated rings. The molecule has 1 aromatic rings. The molecular formula is C13H15BrN2O2. The highest BCUT2D eigenvalue weighted by Crippen LogP contribution is 2.41. The normalized spacial score (nSPS) is 25.6. The molecule has 0 saturated carbocycles. The molecule has 0 aromatic carbocycles. The first kappa shape index (κ1) is 12.1. The fraction of sp³-hybridized carbons (Fsp3) is 0.538. The number of fused-ring (bicyclic) bond motifs is 3. The fourth-order valence-corrected chi connectivity index (χ4v) is 3.09. The van der Waals surface area contributed by atoms with Gasteiger partial charge in [0.1, 0.15) is 5.69 Å². The molecule has 0 N–H and O–H groups in total. The van der Waals surface area contributed by atoms with Gasteiger partial charge in [0, 0.05) is 17.2 Å². The molecule has 5 heteroatoms. The van der Waals surface area contributed by atoms with E-state index in [4.69, 9.17) is 4.74 Å². The van der Waals surface area contributed by atoms with Gasteiger partial charge < -0.3 is 9.64 Å². The van der Waals surface area contributed by atoms with Crippen LogP contribution < -0.4 is 4.90 Å². The van der Waals surface area contributed by atoms with Crippen molar-refractivity contribution >= 4 is 27.4 Å². The maximum Gasteiger partial charge on any atom is 0.191 e. The maximum atomic E-state index is 12.5. The Morgan fingerprint density at radius 3 is 3.11 bits per heavy atom. The molecule has 0 radical (unpaired) electrons. The number of halogens is 1. The van der Waals surface area contributed by atoms with E-state index in [1.54, 1.807) is 6.20 Å². The molecule has 0 spiro atoms. The molecule has 96 valence electrons. The zero-order chi connectivity index (χ0) is 12.9. The first-order chi connectivity index (χ1) is 8.51. The summed E-state index contributed by atoms with van der Waals surface area (Å²) in [5, 5.41) is 0. The summed E-state index contributed by atoms with van der Waals surface area (Å²) < 4.78 is 6.44. The topological polar surface area (TPSA) is 42.4 Å². The number of nitrogens with zero attached hydrogens (tertiary/aromatic N) is 2. The van der Waals surface area contributed by atoms with Gasteiger partial charge in [-0.25, -0.2) is 4.98 Å². The third-order valence-electron chi connectivity index (χ3n) is 3.91. The van der Waals surface area contributed by atoms with Crippen LogP contribution in [0.2, 0.25) is 0 Å². The van der Waals surface area contributed by atoms with Gasteiger partial charge in [-0.05, 0) is 22.0 Å². The molecule has 1 atom stereocenters. The van der Waals surface area contributed by atoms with Gasteiger partial charge in [-0.3, -0.25) is 4.79 Å². The van der Waals surface area contributed by atoms with Crippen molar-refractivity contribution in [2.45, 2.75) is 19.9 Å². The highest BCUT2D eigenvalue weighted by atomic mass is 79.9. The summed E-state index contributed by atoms with van der Waals surface area (Å²) in [6.45, 7) is 6.08. The first-order valence-electron chi connectivity index (χ1n) is 6.06. The van der Waals surface area contributed by atoms with Crippen molar-refractivity contribution in [2.24, 2.45) is 5.41 Å². The smallest absolute Gasteiger partial charge is 0.191 e. The lowest BCUT2D eigenvalue weighted by atomic mass is 9.74. The monoisotopic (exact) mass is 310 g/mol. The van der Waals surface area contributed by atoms with Crippen LogP contribution in [0.3, 0.4) is 0 Å². The van der Waals surface area contributed by atoms with Gasteiger partial charge in [0.25, 0.3) is 0 Å². The number of hydrogen-bond donors (Lipinski definition) is 0. The predicted molar refractivity (Wildman–Crippen MR) is 72.0 cm³/mol. The van der Waals surface area contributed by atoms with Crippen LogP contribution in [0.5, 0.6) is 0 Å². The van der Waals surface area contributed by atoms with E-state index >= 15 is 0 Å². The van der Waals surface area contributed by atoms with Crippen LogP contribution in [-0.2, 0) is 4.74 Å². The van der Waals surface area contributed by atoms with E-state index in [1.165, 1.54) is 0 Å². The molecule has 0 aliphatic carbocycles. The Labute approximate surface area is 114 Å². The average molecular weight is 311 g/mol. The predicted octanol–water partition coefficient (Wildman–Crippen LogP) is 2.27. The van der Waals surface area contributed by atoms with E-state index in [2.05, 4.69) is 25.8 Å². The van der Waals surface area contributed by atoms with Crippen molar-refractivity contribution in [3.63, 3.8) is 0 Å². The molecule has 0 amide bonds. The van der Waals surface area contributed by atoms with Gasteiger partial charge in [0.15, 0.2) is 5.78 Å². The first-order valence-corrected chi connectivity index (χ1v) is 6.86. The summed E-state index contributed by atoms with van der Waals surface area (Å²) in [5.41, 5.74) is 1.07. The van der Waals surface area contributed by atoms with E-state index in [-0.39, 0.29) is 11.8 Å². The molecule has 0 bridgehead atoms. The van der Waals surface area contributed by atoms with Gasteiger partial charge >= 0.3 is 0 Å². The van der Waals surface area contributed by atoms with E-state index in [0.29, 0.717) is 18.9 Å². The van der Waals surface area contributed by atoms with Crippen molar-refractivity contribution in [1.29, 1.82) is 0 Å². The third kappa shape index (κ3) is 1.61. The van der Waals surface area contributed by atoms with E-state index in [9.17, 15) is 4.79 Å². The largest absolute Gasteiger partial charge is 0.377 e. The highest BCUT2D eigenvalue weighted by Gasteiger charge is 2.48. The number of Topliss-reactive ketones (excluding diaryl/α,β-unsaturated/α-hetero) is 1. The molecule has 3 rings (SSSR count). The SMILES string of the molecule is CC1(C)C(=O)c2ncc(Br)cc2N2CCOCC21. The van der Waals surface area contributed by atoms with Crippen LogP contribution >= 0.6 is 15.9 Å². The Bertz CT molecular complexity index is 516. The molecule has 1 aromatic heterocycles. The Kier molecular flexibility index (Phi) is 2.71. The van der Waals surface area contributed by atoms with Crippen LogP contribution in [0.1, 0.15) is 24.3 Å². The van der Waals surface area contributed by atoms with E-state index < -0.39 is 5.41 Å². The Hall–Kier alpha value is -0.940. The molecule has 18 heavy (non-hydrogen) atoms. The standard InChI is InChI=1S/C13H15BrN2O2/c1-13(2)10-7-18-4-3-16(10)9-5-8(14)6-15-11(9)12(13)17/h5-6,10H,3-4,7H2,1-2H3. The van der Waals surface area contributed by atoms with Crippen molar-refractivity contribution in [1.82, 2.24) is 4.98 Å². The van der Waals surface area contributed by atoms with Crippen LogP contribution in [0.15, 0.2) is 16.7 Å². The minimum Gasteiger partial charge on any atom is -0.377 e. The second-order valence-electron chi connectivity index (χ2n) is 5.36. The lowest BCUT2D eigenvalue weighted by Crippen LogP contribution is -2.59. The quantitative estimate of drug-likeness (QED) is 0.737. The van der Waals surface area contributed by atoms with Gasteiger partial charge in [-0.15, -0.1) is 0 Å². The Morgan fingerprint density at radius 1 is 1.56 bits per heavy atom. The summed E-state index contributed by atoms with van der Waals surface area (Å²) in [5.74, 6) is 0.108. The van der Waals surface area contributed by atoms with Gasteiger partial charge in [0.2, 0.25) is 0 Å². The van der Waals surface area contributed by atoms with Gasteiger partial charge in [0.05, 0.1) is 30.4 Å². The number of ketones is 1. The lowest BCUT2D eigenvalue weighted by molar-refractivity contribution is 0.0410. The summed E-state index contributed by atoms with van der Waals surface area (Å²) in [7, 11) is 0. The molecule has 2 aliphatic heterocycles. The minimum atomic E-state index is -0.450. The number of ether oxygens (including phenoxy) is 1. The Balaban J connectivity index is 2.18. The average Bonchev–Trinajstić information content (AvgIpc) is 2.36. The van der Waals surface area contributed by atoms with E-state index in [0.717, 1.165) is 16.7 Å². The van der Waals surface area contributed by atoms with Crippen LogP contribution in [-0.4, -0.2) is 36.6 Å². The number of rotatable bonds is 0. The summed E-state index contributed by atoms with van der Waals surface area (Å²) in [6, 6.07) is 2.08. The third-order valence-corrected chi connectivity index (χ3v) is 4.34. The fourth-order valence-electron chi connectivity index (χ4n) is 2.77. The van der Waals surface area contributed by atoms with Crippen LogP contribution in [0, 0.1) is 5.41 Å². The number of aromatic nitrogens is 1. The molecular weight excluding hydrogens is 296 g/mol. The number of pyridine rings is 1. The van der Waals surface area contributed by atoms with Crippen LogP contribution in [0.4, 0.5) is 5.69 Å². The van der Waals surface area contributed by atoms with Crippen molar-refractivity contribution in [3.05, 3.63) is 22.4 Å². The second-order valence-corrected chi connectivity index (χ2v) is 6.27. The molecule has 1 saturated heterocycles.